The van der Waals surface area contributed by atoms with E-state index in [4.69, 9.17) is 9.47 Å². The van der Waals surface area contributed by atoms with Gasteiger partial charge >= 0.3 is 0 Å². The Bertz CT molecular complexity index is 356. The molecule has 100 valence electrons. The third-order valence-electron chi connectivity index (χ3n) is 2.88. The van der Waals surface area contributed by atoms with E-state index in [0.29, 0.717) is 6.61 Å². The zero-order chi connectivity index (χ0) is 13.4. The first-order valence-electron chi connectivity index (χ1n) is 6.69. The molecule has 0 N–H and O–H groups in total. The second-order valence-electron chi connectivity index (χ2n) is 4.55. The van der Waals surface area contributed by atoms with Crippen molar-refractivity contribution in [1.29, 1.82) is 0 Å². The van der Waals surface area contributed by atoms with Gasteiger partial charge in [0.05, 0.1) is 0 Å². The Balaban J connectivity index is 2.71. The molecule has 0 fully saturated rings. The van der Waals surface area contributed by atoms with E-state index in [9.17, 15) is 0 Å². The van der Waals surface area contributed by atoms with Crippen LogP contribution in [0.2, 0.25) is 0 Å². The van der Waals surface area contributed by atoms with E-state index >= 15 is 0 Å². The summed E-state index contributed by atoms with van der Waals surface area (Å²) in [6.45, 7) is 10.6. The van der Waals surface area contributed by atoms with Gasteiger partial charge in [-0.2, -0.15) is 0 Å². The molecule has 0 spiro atoms. The monoisotopic (exact) mass is 248 g/mol. The number of unbranched alkanes of at least 4 members (excludes halogenated alkanes) is 1. The van der Waals surface area contributed by atoms with E-state index in [-0.39, 0.29) is 0 Å². The van der Waals surface area contributed by atoms with E-state index in [1.165, 1.54) is 0 Å². The molecule has 0 aromatic heterocycles. The standard InChI is InChI=1S/C16H24O2/c1-5-8-13-16(4,17-7-3)18-15-11-9-14(6-2)10-12-15/h6,9-12H,2,5,7-8,13H2,1,3-4H3. The Labute approximate surface area is 111 Å². The smallest absolute Gasteiger partial charge is 0.207 e. The topological polar surface area (TPSA) is 18.5 Å². The van der Waals surface area contributed by atoms with Gasteiger partial charge in [-0.3, -0.25) is 0 Å². The van der Waals surface area contributed by atoms with Crippen LogP contribution in [0.25, 0.3) is 6.08 Å². The predicted octanol–water partition coefficient (Wildman–Crippen LogP) is 4.65. The zero-order valence-corrected chi connectivity index (χ0v) is 11.7. The van der Waals surface area contributed by atoms with Gasteiger partial charge in [0.2, 0.25) is 5.79 Å². The summed E-state index contributed by atoms with van der Waals surface area (Å²) in [6, 6.07) is 7.91. The van der Waals surface area contributed by atoms with E-state index < -0.39 is 5.79 Å². The highest BCUT2D eigenvalue weighted by atomic mass is 16.7. The van der Waals surface area contributed by atoms with E-state index in [2.05, 4.69) is 13.5 Å². The lowest BCUT2D eigenvalue weighted by molar-refractivity contribution is -0.171. The lowest BCUT2D eigenvalue weighted by Crippen LogP contribution is -2.35. The molecule has 2 nitrogen and oxygen atoms in total. The molecule has 0 bridgehead atoms. The molecular formula is C16H24O2. The molecule has 0 aliphatic carbocycles. The van der Waals surface area contributed by atoms with Gasteiger partial charge in [0, 0.05) is 20.0 Å². The number of ether oxygens (including phenoxy) is 2. The molecule has 0 heterocycles. The first-order chi connectivity index (χ1) is 8.63. The molecule has 0 saturated heterocycles. The van der Waals surface area contributed by atoms with Crippen LogP contribution in [0.1, 0.15) is 45.6 Å². The molecule has 1 atom stereocenters. The average molecular weight is 248 g/mol. The van der Waals surface area contributed by atoms with Crippen molar-refractivity contribution in [1.82, 2.24) is 0 Å². The fourth-order valence-electron chi connectivity index (χ4n) is 1.88. The number of benzene rings is 1. The molecule has 18 heavy (non-hydrogen) atoms. The van der Waals surface area contributed by atoms with E-state index in [0.717, 1.165) is 30.6 Å². The van der Waals surface area contributed by atoms with Gasteiger partial charge < -0.3 is 9.47 Å². The number of hydrogen-bond donors (Lipinski definition) is 0. The van der Waals surface area contributed by atoms with Crippen molar-refractivity contribution in [2.75, 3.05) is 6.61 Å². The maximum atomic E-state index is 5.99. The minimum atomic E-state index is -0.527. The second kappa shape index (κ2) is 7.22. The van der Waals surface area contributed by atoms with Crippen molar-refractivity contribution in [2.45, 2.75) is 45.8 Å². The molecule has 0 aliphatic heterocycles. The van der Waals surface area contributed by atoms with E-state index in [1.54, 1.807) is 0 Å². The van der Waals surface area contributed by atoms with E-state index in [1.807, 2.05) is 44.2 Å². The summed E-state index contributed by atoms with van der Waals surface area (Å²) in [5.41, 5.74) is 1.09. The predicted molar refractivity (Wildman–Crippen MR) is 76.7 cm³/mol. The fourth-order valence-corrected chi connectivity index (χ4v) is 1.88. The maximum absolute atomic E-state index is 5.99. The Morgan fingerprint density at radius 2 is 1.89 bits per heavy atom. The van der Waals surface area contributed by atoms with Gasteiger partial charge in [0.15, 0.2) is 0 Å². The summed E-state index contributed by atoms with van der Waals surface area (Å²) in [5.74, 6) is 0.313. The van der Waals surface area contributed by atoms with Crippen LogP contribution in [0.5, 0.6) is 5.75 Å². The van der Waals surface area contributed by atoms with Crippen molar-refractivity contribution in [3.05, 3.63) is 36.4 Å². The molecule has 2 heteroatoms. The Morgan fingerprint density at radius 3 is 2.39 bits per heavy atom. The molecule has 1 unspecified atom stereocenters. The highest BCUT2D eigenvalue weighted by Crippen LogP contribution is 2.25. The van der Waals surface area contributed by atoms with Crippen molar-refractivity contribution in [3.8, 4) is 5.75 Å². The molecule has 1 rings (SSSR count). The molecule has 0 aliphatic rings. The van der Waals surface area contributed by atoms with Crippen LogP contribution in [-0.4, -0.2) is 12.4 Å². The first kappa shape index (κ1) is 14.8. The zero-order valence-electron chi connectivity index (χ0n) is 11.7. The Hall–Kier alpha value is -1.28. The van der Waals surface area contributed by atoms with Crippen LogP contribution in [0, 0.1) is 0 Å². The molecular weight excluding hydrogens is 224 g/mol. The minimum absolute atomic E-state index is 0.527. The number of rotatable bonds is 8. The van der Waals surface area contributed by atoms with Crippen LogP contribution >= 0.6 is 0 Å². The van der Waals surface area contributed by atoms with Crippen LogP contribution in [0.15, 0.2) is 30.8 Å². The third-order valence-corrected chi connectivity index (χ3v) is 2.88. The molecule has 0 amide bonds. The van der Waals surface area contributed by atoms with Crippen molar-refractivity contribution >= 4 is 6.08 Å². The Kier molecular flexibility index (Phi) is 5.93. The summed E-state index contributed by atoms with van der Waals surface area (Å²) in [6.07, 6.45) is 4.96. The van der Waals surface area contributed by atoms with Gasteiger partial charge in [0.1, 0.15) is 5.75 Å². The normalized spacial score (nSPS) is 13.9. The maximum Gasteiger partial charge on any atom is 0.207 e. The lowest BCUT2D eigenvalue weighted by Gasteiger charge is -2.30. The van der Waals surface area contributed by atoms with Crippen LogP contribution < -0.4 is 4.74 Å². The summed E-state index contributed by atoms with van der Waals surface area (Å²) < 4.78 is 11.7. The second-order valence-corrected chi connectivity index (χ2v) is 4.55. The van der Waals surface area contributed by atoms with Crippen LogP contribution in [0.4, 0.5) is 0 Å². The molecule has 0 saturated carbocycles. The van der Waals surface area contributed by atoms with Crippen molar-refractivity contribution in [3.63, 3.8) is 0 Å². The lowest BCUT2D eigenvalue weighted by atomic mass is 10.1. The summed E-state index contributed by atoms with van der Waals surface area (Å²) in [7, 11) is 0. The fraction of sp³-hybridized carbons (Fsp3) is 0.500. The van der Waals surface area contributed by atoms with Gasteiger partial charge in [-0.25, -0.2) is 0 Å². The summed E-state index contributed by atoms with van der Waals surface area (Å²) >= 11 is 0. The van der Waals surface area contributed by atoms with Gasteiger partial charge in [-0.05, 0) is 31.0 Å². The van der Waals surface area contributed by atoms with Crippen molar-refractivity contribution in [2.24, 2.45) is 0 Å². The highest BCUT2D eigenvalue weighted by molar-refractivity contribution is 5.48. The minimum Gasteiger partial charge on any atom is -0.463 e. The quantitative estimate of drug-likeness (QED) is 0.623. The average Bonchev–Trinajstić information content (AvgIpc) is 2.38. The number of hydrogen-bond acceptors (Lipinski definition) is 2. The highest BCUT2D eigenvalue weighted by Gasteiger charge is 2.25. The molecule has 1 aromatic carbocycles. The van der Waals surface area contributed by atoms with Gasteiger partial charge in [-0.15, -0.1) is 0 Å². The summed E-state index contributed by atoms with van der Waals surface area (Å²) in [4.78, 5) is 0. The SMILES string of the molecule is C=Cc1ccc(OC(C)(CCCC)OCC)cc1. The van der Waals surface area contributed by atoms with Crippen LogP contribution in [-0.2, 0) is 4.74 Å². The molecule has 1 aromatic rings. The largest absolute Gasteiger partial charge is 0.463 e. The summed E-state index contributed by atoms with van der Waals surface area (Å²) in [5, 5.41) is 0. The third kappa shape index (κ3) is 4.53. The van der Waals surface area contributed by atoms with Gasteiger partial charge in [0.25, 0.3) is 0 Å². The first-order valence-corrected chi connectivity index (χ1v) is 6.69. The molecule has 0 radical (unpaired) electrons. The Morgan fingerprint density at radius 1 is 1.22 bits per heavy atom. The van der Waals surface area contributed by atoms with Crippen LogP contribution in [0.3, 0.4) is 0 Å². The van der Waals surface area contributed by atoms with Crippen molar-refractivity contribution < 1.29 is 9.47 Å². The van der Waals surface area contributed by atoms with Gasteiger partial charge in [-0.1, -0.05) is 38.1 Å².